The van der Waals surface area contributed by atoms with Crippen LogP contribution in [0.25, 0.3) is 0 Å². The van der Waals surface area contributed by atoms with E-state index in [1.54, 1.807) is 19.2 Å². The van der Waals surface area contributed by atoms with Gasteiger partial charge in [0.25, 0.3) is 0 Å². The molecule has 0 saturated heterocycles. The summed E-state index contributed by atoms with van der Waals surface area (Å²) in [7, 11) is 0. The van der Waals surface area contributed by atoms with Gasteiger partial charge in [0.15, 0.2) is 0 Å². The van der Waals surface area contributed by atoms with Crippen molar-refractivity contribution in [1.82, 2.24) is 4.98 Å². The van der Waals surface area contributed by atoms with Gasteiger partial charge in [-0.25, -0.2) is 0 Å². The van der Waals surface area contributed by atoms with E-state index in [2.05, 4.69) is 4.98 Å². The molecule has 16 heavy (non-hydrogen) atoms. The summed E-state index contributed by atoms with van der Waals surface area (Å²) < 4.78 is 5.55. The van der Waals surface area contributed by atoms with Crippen LogP contribution in [0.2, 0.25) is 0 Å². The van der Waals surface area contributed by atoms with Crippen LogP contribution >= 0.6 is 0 Å². The molecule has 0 bridgehead atoms. The molecule has 1 aromatic heterocycles. The predicted octanol–water partition coefficient (Wildman–Crippen LogP) is 1.46. The molecule has 1 aliphatic carbocycles. The standard InChI is InChI=1S/C12H16N2O2/c1-8(12(13)15)11-5-4-10(6-14-11)16-7-9-2-3-9/h4-6,8-9H,2-3,7H2,1H3,(H2,13,15). The van der Waals surface area contributed by atoms with Crippen molar-refractivity contribution in [2.45, 2.75) is 25.7 Å². The third kappa shape index (κ3) is 2.72. The lowest BCUT2D eigenvalue weighted by molar-refractivity contribution is -0.119. The molecule has 1 unspecified atom stereocenters. The highest BCUT2D eigenvalue weighted by Crippen LogP contribution is 2.29. The number of hydrogen-bond donors (Lipinski definition) is 1. The van der Waals surface area contributed by atoms with E-state index in [1.807, 2.05) is 6.07 Å². The lowest BCUT2D eigenvalue weighted by atomic mass is 10.1. The number of rotatable bonds is 5. The van der Waals surface area contributed by atoms with E-state index >= 15 is 0 Å². The van der Waals surface area contributed by atoms with Crippen molar-refractivity contribution in [3.05, 3.63) is 24.0 Å². The Balaban J connectivity index is 1.94. The highest BCUT2D eigenvalue weighted by molar-refractivity contribution is 5.80. The van der Waals surface area contributed by atoms with E-state index in [9.17, 15) is 4.79 Å². The molecule has 86 valence electrons. The van der Waals surface area contributed by atoms with Gasteiger partial charge in [0.1, 0.15) is 5.75 Å². The fraction of sp³-hybridized carbons (Fsp3) is 0.500. The number of hydrogen-bond acceptors (Lipinski definition) is 3. The number of ether oxygens (including phenoxy) is 1. The smallest absolute Gasteiger partial charge is 0.226 e. The van der Waals surface area contributed by atoms with Crippen LogP contribution in [0.1, 0.15) is 31.4 Å². The lowest BCUT2D eigenvalue weighted by Gasteiger charge is -2.08. The van der Waals surface area contributed by atoms with Gasteiger partial charge < -0.3 is 10.5 Å². The molecule has 1 fully saturated rings. The molecule has 1 saturated carbocycles. The highest BCUT2D eigenvalue weighted by Gasteiger charge is 2.22. The van der Waals surface area contributed by atoms with Gasteiger partial charge in [-0.2, -0.15) is 0 Å². The summed E-state index contributed by atoms with van der Waals surface area (Å²) in [5, 5.41) is 0. The number of primary amides is 1. The van der Waals surface area contributed by atoms with Crippen molar-refractivity contribution in [2.24, 2.45) is 11.7 Å². The summed E-state index contributed by atoms with van der Waals surface area (Å²) in [5.74, 6) is 0.771. The van der Waals surface area contributed by atoms with E-state index < -0.39 is 0 Å². The number of carbonyl (C=O) groups is 1. The summed E-state index contributed by atoms with van der Waals surface area (Å²) >= 11 is 0. The van der Waals surface area contributed by atoms with Gasteiger partial charge in [-0.3, -0.25) is 9.78 Å². The topological polar surface area (TPSA) is 65.2 Å². The van der Waals surface area contributed by atoms with Gasteiger partial charge in [-0.15, -0.1) is 0 Å². The van der Waals surface area contributed by atoms with Crippen LogP contribution in [0.3, 0.4) is 0 Å². The van der Waals surface area contributed by atoms with E-state index in [0.29, 0.717) is 5.69 Å². The monoisotopic (exact) mass is 220 g/mol. The highest BCUT2D eigenvalue weighted by atomic mass is 16.5. The molecule has 4 heteroatoms. The SMILES string of the molecule is CC(C(N)=O)c1ccc(OCC2CC2)cn1. The molecule has 4 nitrogen and oxygen atoms in total. The molecular weight excluding hydrogens is 204 g/mol. The first-order valence-corrected chi connectivity index (χ1v) is 5.55. The average molecular weight is 220 g/mol. The first-order valence-electron chi connectivity index (χ1n) is 5.55. The van der Waals surface area contributed by atoms with Crippen LogP contribution in [-0.4, -0.2) is 17.5 Å². The largest absolute Gasteiger partial charge is 0.492 e. The minimum atomic E-state index is -0.362. The molecule has 2 N–H and O–H groups in total. The van der Waals surface area contributed by atoms with Crippen LogP contribution in [0, 0.1) is 5.92 Å². The Kier molecular flexibility index (Phi) is 3.08. The third-order valence-corrected chi connectivity index (χ3v) is 2.81. The number of aromatic nitrogens is 1. The van der Waals surface area contributed by atoms with Gasteiger partial charge in [0.2, 0.25) is 5.91 Å². The molecule has 0 spiro atoms. The average Bonchev–Trinajstić information content (AvgIpc) is 3.10. The van der Waals surface area contributed by atoms with E-state index in [-0.39, 0.29) is 11.8 Å². The summed E-state index contributed by atoms with van der Waals surface area (Å²) in [6, 6.07) is 3.63. The molecule has 0 aromatic carbocycles. The summed E-state index contributed by atoms with van der Waals surface area (Å²) in [5.41, 5.74) is 5.89. The fourth-order valence-corrected chi connectivity index (χ4v) is 1.38. The first-order chi connectivity index (χ1) is 7.66. The maximum Gasteiger partial charge on any atom is 0.226 e. The number of pyridine rings is 1. The second-order valence-electron chi connectivity index (χ2n) is 4.30. The quantitative estimate of drug-likeness (QED) is 0.817. The summed E-state index contributed by atoms with van der Waals surface area (Å²) in [4.78, 5) is 15.1. The zero-order chi connectivity index (χ0) is 11.5. The zero-order valence-corrected chi connectivity index (χ0v) is 9.35. The van der Waals surface area contributed by atoms with Crippen molar-refractivity contribution in [3.8, 4) is 5.75 Å². The molecule has 1 amide bonds. The Morgan fingerprint density at radius 1 is 1.62 bits per heavy atom. The number of amides is 1. The van der Waals surface area contributed by atoms with E-state index in [0.717, 1.165) is 18.3 Å². The number of carbonyl (C=O) groups excluding carboxylic acids is 1. The second kappa shape index (κ2) is 4.51. The van der Waals surface area contributed by atoms with Crippen molar-refractivity contribution >= 4 is 5.91 Å². The Bertz CT molecular complexity index is 371. The van der Waals surface area contributed by atoms with Gasteiger partial charge in [-0.05, 0) is 37.8 Å². The third-order valence-electron chi connectivity index (χ3n) is 2.81. The number of nitrogens with two attached hydrogens (primary N) is 1. The van der Waals surface area contributed by atoms with E-state index in [4.69, 9.17) is 10.5 Å². The van der Waals surface area contributed by atoms with Crippen molar-refractivity contribution < 1.29 is 9.53 Å². The van der Waals surface area contributed by atoms with Crippen molar-refractivity contribution in [1.29, 1.82) is 0 Å². The maximum atomic E-state index is 11.0. The second-order valence-corrected chi connectivity index (χ2v) is 4.30. The molecule has 1 heterocycles. The zero-order valence-electron chi connectivity index (χ0n) is 9.35. The maximum absolute atomic E-state index is 11.0. The van der Waals surface area contributed by atoms with Crippen molar-refractivity contribution in [2.75, 3.05) is 6.61 Å². The summed E-state index contributed by atoms with van der Waals surface area (Å²) in [6.45, 7) is 2.52. The first kappa shape index (κ1) is 10.9. The Morgan fingerprint density at radius 3 is 2.88 bits per heavy atom. The van der Waals surface area contributed by atoms with Crippen molar-refractivity contribution in [3.63, 3.8) is 0 Å². The molecule has 1 aromatic rings. The Morgan fingerprint density at radius 2 is 2.38 bits per heavy atom. The molecule has 2 rings (SSSR count). The fourth-order valence-electron chi connectivity index (χ4n) is 1.38. The Labute approximate surface area is 94.8 Å². The molecule has 1 atom stereocenters. The van der Waals surface area contributed by atoms with Gasteiger partial charge in [0.05, 0.1) is 24.4 Å². The Hall–Kier alpha value is -1.58. The minimum absolute atomic E-state index is 0.350. The van der Waals surface area contributed by atoms with Gasteiger partial charge in [0, 0.05) is 0 Å². The van der Waals surface area contributed by atoms with E-state index in [1.165, 1.54) is 12.8 Å². The summed E-state index contributed by atoms with van der Waals surface area (Å²) in [6.07, 6.45) is 4.19. The molecule has 0 radical (unpaired) electrons. The van der Waals surface area contributed by atoms with Crippen LogP contribution in [0.15, 0.2) is 18.3 Å². The molecule has 1 aliphatic rings. The molecular formula is C12H16N2O2. The van der Waals surface area contributed by atoms with Gasteiger partial charge in [-0.1, -0.05) is 0 Å². The van der Waals surface area contributed by atoms with Crippen LogP contribution in [0.4, 0.5) is 0 Å². The van der Waals surface area contributed by atoms with Crippen LogP contribution in [-0.2, 0) is 4.79 Å². The van der Waals surface area contributed by atoms with Crippen LogP contribution in [0.5, 0.6) is 5.75 Å². The minimum Gasteiger partial charge on any atom is -0.492 e. The molecule has 0 aliphatic heterocycles. The van der Waals surface area contributed by atoms with Gasteiger partial charge >= 0.3 is 0 Å². The normalized spacial score (nSPS) is 16.8. The number of nitrogens with zero attached hydrogens (tertiary/aromatic N) is 1. The lowest BCUT2D eigenvalue weighted by Crippen LogP contribution is -2.19. The van der Waals surface area contributed by atoms with Crippen LogP contribution < -0.4 is 10.5 Å². The predicted molar refractivity (Wildman–Crippen MR) is 60.1 cm³/mol.